The van der Waals surface area contributed by atoms with Crippen molar-refractivity contribution in [3.8, 4) is 5.69 Å². The van der Waals surface area contributed by atoms with Gasteiger partial charge >= 0.3 is 0 Å². The second kappa shape index (κ2) is 7.75. The monoisotopic (exact) mass is 411 g/mol. The van der Waals surface area contributed by atoms with E-state index >= 15 is 0 Å². The standard InChI is InChI=1S/C20H14ClN3O3S/c21-13-5-6-14(15(12-13)24-9-1-2-10-24)22-20(26)17-7-8-18(28-17)23-19(25)16-4-3-11-27-16/h1-12H,(H,22,26)(H,23,25). The minimum Gasteiger partial charge on any atom is -0.459 e. The minimum absolute atomic E-state index is 0.205. The van der Waals surface area contributed by atoms with Crippen molar-refractivity contribution in [1.29, 1.82) is 0 Å². The normalized spacial score (nSPS) is 10.6. The number of rotatable bonds is 5. The van der Waals surface area contributed by atoms with Gasteiger partial charge in [-0.25, -0.2) is 0 Å². The Balaban J connectivity index is 1.51. The highest BCUT2D eigenvalue weighted by atomic mass is 35.5. The number of aromatic nitrogens is 1. The first kappa shape index (κ1) is 18.1. The van der Waals surface area contributed by atoms with Gasteiger partial charge in [0.25, 0.3) is 11.8 Å². The fourth-order valence-electron chi connectivity index (χ4n) is 2.61. The van der Waals surface area contributed by atoms with Crippen LogP contribution in [0.2, 0.25) is 5.02 Å². The quantitative estimate of drug-likeness (QED) is 0.468. The van der Waals surface area contributed by atoms with Crippen molar-refractivity contribution in [1.82, 2.24) is 4.57 Å². The van der Waals surface area contributed by atoms with E-state index in [0.29, 0.717) is 20.6 Å². The molecule has 0 unspecified atom stereocenters. The third kappa shape index (κ3) is 3.85. The molecule has 0 saturated carbocycles. The maximum atomic E-state index is 12.7. The van der Waals surface area contributed by atoms with Crippen molar-refractivity contribution >= 4 is 45.4 Å². The molecule has 6 nitrogen and oxygen atoms in total. The number of nitrogens with one attached hydrogen (secondary N) is 2. The number of hydrogen-bond donors (Lipinski definition) is 2. The van der Waals surface area contributed by atoms with Crippen molar-refractivity contribution < 1.29 is 14.0 Å². The van der Waals surface area contributed by atoms with Crippen LogP contribution >= 0.6 is 22.9 Å². The zero-order valence-corrected chi connectivity index (χ0v) is 16.0. The predicted molar refractivity (Wildman–Crippen MR) is 110 cm³/mol. The van der Waals surface area contributed by atoms with Crippen LogP contribution in [0.5, 0.6) is 0 Å². The van der Waals surface area contributed by atoms with Crippen molar-refractivity contribution in [3.05, 3.63) is 88.9 Å². The molecule has 0 aliphatic heterocycles. The summed E-state index contributed by atoms with van der Waals surface area (Å²) in [5, 5.41) is 6.73. The number of halogens is 1. The number of furan rings is 1. The molecule has 2 N–H and O–H groups in total. The fraction of sp³-hybridized carbons (Fsp3) is 0. The molecule has 4 rings (SSSR count). The van der Waals surface area contributed by atoms with E-state index in [1.165, 1.54) is 17.6 Å². The molecule has 140 valence electrons. The Labute approximate surface area is 169 Å². The summed E-state index contributed by atoms with van der Waals surface area (Å²) in [6.45, 7) is 0. The SMILES string of the molecule is O=C(Nc1ccc(C(=O)Nc2ccc(Cl)cc2-n2cccc2)s1)c1ccco1. The lowest BCUT2D eigenvalue weighted by atomic mass is 10.2. The molecule has 4 aromatic rings. The van der Waals surface area contributed by atoms with E-state index in [9.17, 15) is 9.59 Å². The molecular formula is C20H14ClN3O3S. The Morgan fingerprint density at radius 1 is 0.964 bits per heavy atom. The largest absolute Gasteiger partial charge is 0.459 e. The summed E-state index contributed by atoms with van der Waals surface area (Å²) >= 11 is 7.28. The van der Waals surface area contributed by atoms with Crippen LogP contribution in [0.4, 0.5) is 10.7 Å². The maximum Gasteiger partial charge on any atom is 0.291 e. The summed E-state index contributed by atoms with van der Waals surface area (Å²) in [4.78, 5) is 25.2. The second-order valence-electron chi connectivity index (χ2n) is 5.80. The Kier molecular flexibility index (Phi) is 5.01. The molecule has 3 aromatic heterocycles. The van der Waals surface area contributed by atoms with Gasteiger partial charge in [-0.05, 0) is 54.6 Å². The molecule has 1 aromatic carbocycles. The summed E-state index contributed by atoms with van der Waals surface area (Å²) < 4.78 is 6.93. The Morgan fingerprint density at radius 3 is 2.54 bits per heavy atom. The number of hydrogen-bond acceptors (Lipinski definition) is 4. The number of amides is 2. The molecule has 0 radical (unpaired) electrons. The van der Waals surface area contributed by atoms with Gasteiger partial charge in [0.15, 0.2) is 5.76 Å². The van der Waals surface area contributed by atoms with Crippen LogP contribution in [0.3, 0.4) is 0 Å². The Morgan fingerprint density at radius 2 is 1.79 bits per heavy atom. The highest BCUT2D eigenvalue weighted by Crippen LogP contribution is 2.27. The lowest BCUT2D eigenvalue weighted by Crippen LogP contribution is -2.12. The lowest BCUT2D eigenvalue weighted by molar-refractivity contribution is 0.0995. The average molecular weight is 412 g/mol. The smallest absolute Gasteiger partial charge is 0.291 e. The first-order valence-corrected chi connectivity index (χ1v) is 9.48. The second-order valence-corrected chi connectivity index (χ2v) is 7.32. The molecule has 0 spiro atoms. The molecule has 0 bridgehead atoms. The van der Waals surface area contributed by atoms with Gasteiger partial charge in [0.05, 0.1) is 27.5 Å². The number of thiophene rings is 1. The van der Waals surface area contributed by atoms with E-state index in [4.69, 9.17) is 16.0 Å². The van der Waals surface area contributed by atoms with Gasteiger partial charge in [-0.15, -0.1) is 11.3 Å². The van der Waals surface area contributed by atoms with Crippen molar-refractivity contribution in [3.63, 3.8) is 0 Å². The summed E-state index contributed by atoms with van der Waals surface area (Å²) in [6, 6.07) is 15.6. The fourth-order valence-corrected chi connectivity index (χ4v) is 3.57. The average Bonchev–Trinajstić information content (AvgIpc) is 3.45. The lowest BCUT2D eigenvalue weighted by Gasteiger charge is -2.12. The van der Waals surface area contributed by atoms with E-state index in [-0.39, 0.29) is 17.6 Å². The van der Waals surface area contributed by atoms with Crippen LogP contribution in [-0.4, -0.2) is 16.4 Å². The summed E-state index contributed by atoms with van der Waals surface area (Å²) in [6.07, 6.45) is 5.17. The summed E-state index contributed by atoms with van der Waals surface area (Å²) in [5.74, 6) is -0.442. The molecule has 2 amide bonds. The molecule has 8 heteroatoms. The maximum absolute atomic E-state index is 12.7. The van der Waals surface area contributed by atoms with E-state index in [1.54, 1.807) is 42.5 Å². The van der Waals surface area contributed by atoms with E-state index in [2.05, 4.69) is 10.6 Å². The van der Waals surface area contributed by atoms with Crippen LogP contribution in [0, 0.1) is 0 Å². The topological polar surface area (TPSA) is 76.3 Å². The first-order chi connectivity index (χ1) is 13.6. The van der Waals surface area contributed by atoms with Gasteiger partial charge in [0, 0.05) is 17.4 Å². The third-order valence-corrected chi connectivity index (χ3v) is 5.14. The van der Waals surface area contributed by atoms with Crippen LogP contribution in [0.15, 0.2) is 77.7 Å². The third-order valence-electron chi connectivity index (χ3n) is 3.90. The first-order valence-electron chi connectivity index (χ1n) is 8.29. The van der Waals surface area contributed by atoms with Crippen LogP contribution in [0.1, 0.15) is 20.2 Å². The summed E-state index contributed by atoms with van der Waals surface area (Å²) in [5.41, 5.74) is 1.38. The van der Waals surface area contributed by atoms with Crippen LogP contribution < -0.4 is 10.6 Å². The number of carbonyl (C=O) groups is 2. The number of anilines is 2. The minimum atomic E-state index is -0.369. The summed E-state index contributed by atoms with van der Waals surface area (Å²) in [7, 11) is 0. The zero-order valence-electron chi connectivity index (χ0n) is 14.4. The molecule has 0 fully saturated rings. The van der Waals surface area contributed by atoms with Gasteiger partial charge in [0.2, 0.25) is 0 Å². The molecule has 0 saturated heterocycles. The molecule has 3 heterocycles. The van der Waals surface area contributed by atoms with E-state index in [1.807, 2.05) is 29.1 Å². The van der Waals surface area contributed by atoms with Gasteiger partial charge in [-0.1, -0.05) is 11.6 Å². The molecular weight excluding hydrogens is 398 g/mol. The highest BCUT2D eigenvalue weighted by Gasteiger charge is 2.15. The zero-order chi connectivity index (χ0) is 19.5. The Hall–Kier alpha value is -3.29. The van der Waals surface area contributed by atoms with Gasteiger partial charge in [-0.3, -0.25) is 9.59 Å². The number of benzene rings is 1. The van der Waals surface area contributed by atoms with Gasteiger partial charge < -0.3 is 19.6 Å². The molecule has 0 aliphatic rings. The van der Waals surface area contributed by atoms with Gasteiger partial charge in [0.1, 0.15) is 0 Å². The molecule has 0 aliphatic carbocycles. The van der Waals surface area contributed by atoms with E-state index in [0.717, 1.165) is 5.69 Å². The van der Waals surface area contributed by atoms with Gasteiger partial charge in [-0.2, -0.15) is 0 Å². The Bertz CT molecular complexity index is 1120. The number of nitrogens with zero attached hydrogens (tertiary/aromatic N) is 1. The molecule has 28 heavy (non-hydrogen) atoms. The highest BCUT2D eigenvalue weighted by molar-refractivity contribution is 7.18. The number of carbonyl (C=O) groups excluding carboxylic acids is 2. The van der Waals surface area contributed by atoms with Crippen molar-refractivity contribution in [2.75, 3.05) is 10.6 Å². The van der Waals surface area contributed by atoms with E-state index < -0.39 is 0 Å². The van der Waals surface area contributed by atoms with Crippen molar-refractivity contribution in [2.45, 2.75) is 0 Å². The van der Waals surface area contributed by atoms with Crippen LogP contribution in [-0.2, 0) is 0 Å². The predicted octanol–water partition coefficient (Wildman–Crippen LogP) is 5.29. The van der Waals surface area contributed by atoms with Crippen molar-refractivity contribution in [2.24, 2.45) is 0 Å². The molecule has 0 atom stereocenters. The van der Waals surface area contributed by atoms with Crippen LogP contribution in [0.25, 0.3) is 5.69 Å².